The average Bonchev–Trinajstić information content (AvgIpc) is 2.60. The van der Waals surface area contributed by atoms with Crippen LogP contribution in [0.25, 0.3) is 0 Å². The van der Waals surface area contributed by atoms with E-state index in [1.807, 2.05) is 0 Å². The molecular weight excluding hydrogens is 364 g/mol. The molecule has 0 amide bonds. The van der Waals surface area contributed by atoms with Crippen molar-refractivity contribution in [1.29, 1.82) is 0 Å². The third-order valence-electron chi connectivity index (χ3n) is 7.61. The van der Waals surface area contributed by atoms with E-state index in [0.717, 1.165) is 18.5 Å². The zero-order valence-electron chi connectivity index (χ0n) is 20.7. The molecule has 1 heterocycles. The van der Waals surface area contributed by atoms with Gasteiger partial charge in [-0.25, -0.2) is 0 Å². The fourth-order valence-electron chi connectivity index (χ4n) is 5.53. The first kappa shape index (κ1) is 23.1. The molecule has 30 heavy (non-hydrogen) atoms. The van der Waals surface area contributed by atoms with Crippen molar-refractivity contribution in [3.63, 3.8) is 0 Å². The Bertz CT molecular complexity index is 806. The molecule has 1 fully saturated rings. The van der Waals surface area contributed by atoms with Crippen LogP contribution in [-0.4, -0.2) is 12.3 Å². The van der Waals surface area contributed by atoms with Crippen LogP contribution in [0, 0.1) is 16.7 Å². The van der Waals surface area contributed by atoms with Crippen LogP contribution in [0.2, 0.25) is 0 Å². The summed E-state index contributed by atoms with van der Waals surface area (Å²) in [5.41, 5.74) is 6.20. The summed E-state index contributed by atoms with van der Waals surface area (Å²) in [6.45, 7) is 18.8. The number of allylic oxidation sites excluding steroid dienone is 2. The van der Waals surface area contributed by atoms with Crippen molar-refractivity contribution in [1.82, 2.24) is 0 Å². The van der Waals surface area contributed by atoms with E-state index in [1.165, 1.54) is 42.5 Å². The van der Waals surface area contributed by atoms with Crippen LogP contribution < -0.4 is 5.32 Å². The summed E-state index contributed by atoms with van der Waals surface area (Å²) in [4.78, 5) is 4.87. The summed E-state index contributed by atoms with van der Waals surface area (Å²) in [5.74, 6) is 0.700. The molecular formula is C28H44N2. The summed E-state index contributed by atoms with van der Waals surface area (Å²) in [6.07, 6.45) is 11.8. The molecule has 1 aromatic rings. The van der Waals surface area contributed by atoms with Crippen LogP contribution in [0.1, 0.15) is 99.5 Å². The highest BCUT2D eigenvalue weighted by molar-refractivity contribution is 5.68. The molecule has 2 atom stereocenters. The number of nitrogens with zero attached hydrogens (tertiary/aromatic N) is 1. The van der Waals surface area contributed by atoms with Gasteiger partial charge in [0.15, 0.2) is 0 Å². The van der Waals surface area contributed by atoms with E-state index >= 15 is 0 Å². The molecule has 2 heteroatoms. The maximum absolute atomic E-state index is 4.87. The van der Waals surface area contributed by atoms with Crippen LogP contribution in [0.4, 0.5) is 11.4 Å². The number of hydrogen-bond acceptors (Lipinski definition) is 2. The van der Waals surface area contributed by atoms with Gasteiger partial charge in [0.1, 0.15) is 0 Å². The van der Waals surface area contributed by atoms with Gasteiger partial charge in [-0.05, 0) is 98.3 Å². The van der Waals surface area contributed by atoms with Gasteiger partial charge in [-0.3, -0.25) is 4.99 Å². The van der Waals surface area contributed by atoms with Crippen molar-refractivity contribution in [3.8, 4) is 0 Å². The first-order valence-electron chi connectivity index (χ1n) is 12.0. The summed E-state index contributed by atoms with van der Waals surface area (Å²) in [5, 5.41) is 3.89. The molecule has 0 aromatic heterocycles. The van der Waals surface area contributed by atoms with Crippen molar-refractivity contribution in [2.45, 2.75) is 105 Å². The second-order valence-electron chi connectivity index (χ2n) is 12.2. The van der Waals surface area contributed by atoms with E-state index in [-0.39, 0.29) is 10.8 Å². The molecule has 0 spiro atoms. The van der Waals surface area contributed by atoms with Crippen LogP contribution in [0.3, 0.4) is 0 Å². The number of benzene rings is 1. The average molecular weight is 409 g/mol. The lowest BCUT2D eigenvalue weighted by molar-refractivity contribution is 0.120. The third-order valence-corrected chi connectivity index (χ3v) is 7.61. The first-order chi connectivity index (χ1) is 13.9. The molecule has 2 aliphatic rings. The van der Waals surface area contributed by atoms with Gasteiger partial charge in [-0.1, -0.05) is 53.2 Å². The zero-order chi connectivity index (χ0) is 22.2. The predicted molar refractivity (Wildman–Crippen MR) is 133 cm³/mol. The van der Waals surface area contributed by atoms with Crippen LogP contribution >= 0.6 is 0 Å². The fourth-order valence-corrected chi connectivity index (χ4v) is 5.53. The molecule has 3 rings (SSSR count). The third kappa shape index (κ3) is 5.37. The Labute approximate surface area is 185 Å². The Morgan fingerprint density at radius 1 is 1.20 bits per heavy atom. The Hall–Kier alpha value is -1.57. The Morgan fingerprint density at radius 3 is 2.63 bits per heavy atom. The highest BCUT2D eigenvalue weighted by Crippen LogP contribution is 2.52. The quantitative estimate of drug-likeness (QED) is 0.370. The molecule has 1 aromatic carbocycles. The number of hydrogen-bond donors (Lipinski definition) is 1. The second kappa shape index (κ2) is 8.52. The lowest BCUT2D eigenvalue weighted by atomic mass is 9.58. The maximum Gasteiger partial charge on any atom is 0.0630 e. The maximum atomic E-state index is 4.87. The minimum atomic E-state index is 0.191. The van der Waals surface area contributed by atoms with Crippen LogP contribution in [-0.2, 0) is 5.41 Å². The number of anilines is 1. The highest BCUT2D eigenvalue weighted by atomic mass is 15.0. The Kier molecular flexibility index (Phi) is 6.56. The van der Waals surface area contributed by atoms with Gasteiger partial charge in [-0.15, -0.1) is 0 Å². The minimum Gasteiger partial charge on any atom is -0.382 e. The van der Waals surface area contributed by atoms with Gasteiger partial charge < -0.3 is 5.32 Å². The van der Waals surface area contributed by atoms with Crippen molar-refractivity contribution in [3.05, 3.63) is 35.4 Å². The highest BCUT2D eigenvalue weighted by Gasteiger charge is 2.46. The zero-order valence-corrected chi connectivity index (χ0v) is 20.7. The number of fused-ring (bicyclic) bond motifs is 2. The van der Waals surface area contributed by atoms with Gasteiger partial charge in [-0.2, -0.15) is 0 Å². The lowest BCUT2D eigenvalue weighted by Gasteiger charge is -2.52. The van der Waals surface area contributed by atoms with E-state index in [9.17, 15) is 0 Å². The molecule has 166 valence electrons. The largest absolute Gasteiger partial charge is 0.382 e. The summed E-state index contributed by atoms with van der Waals surface area (Å²) in [7, 11) is 0. The van der Waals surface area contributed by atoms with Gasteiger partial charge >= 0.3 is 0 Å². The summed E-state index contributed by atoms with van der Waals surface area (Å²) in [6, 6.07) is 7.38. The van der Waals surface area contributed by atoms with E-state index in [2.05, 4.69) is 91.2 Å². The molecule has 0 saturated heterocycles. The molecule has 1 aliphatic carbocycles. The number of aliphatic imine (C=N–C) groups is 1. The van der Waals surface area contributed by atoms with E-state index < -0.39 is 0 Å². The standard InChI is InChI=1S/C28H44N2/c1-20(2)10-9-14-26(3,4)16-17-29-21-11-12-24-23(18-21)28(7,8)22-13-15-27(5,6)19-25(22)30-24/h10-12,17-18,22,25,30H,9,13-16,19H2,1-8H3/t22-,25-/m1/s1. The SMILES string of the molecule is CC(C)=CCCC(C)(C)CC=Nc1ccc2c(c1)C(C)(C)[C@@H]1CCC(C)(C)C[C@H]1N2. The smallest absolute Gasteiger partial charge is 0.0630 e. The first-order valence-corrected chi connectivity index (χ1v) is 12.0. The normalized spacial score (nSPS) is 24.7. The van der Waals surface area contributed by atoms with E-state index in [0.29, 0.717) is 17.4 Å². The number of rotatable bonds is 6. The van der Waals surface area contributed by atoms with Crippen molar-refractivity contribution >= 4 is 17.6 Å². The van der Waals surface area contributed by atoms with E-state index in [1.54, 1.807) is 0 Å². The van der Waals surface area contributed by atoms with Crippen molar-refractivity contribution in [2.24, 2.45) is 21.7 Å². The van der Waals surface area contributed by atoms with Gasteiger partial charge in [0, 0.05) is 17.9 Å². The summed E-state index contributed by atoms with van der Waals surface area (Å²) >= 11 is 0. The molecule has 1 saturated carbocycles. The Morgan fingerprint density at radius 2 is 1.93 bits per heavy atom. The van der Waals surface area contributed by atoms with E-state index in [4.69, 9.17) is 4.99 Å². The molecule has 0 unspecified atom stereocenters. The molecule has 1 N–H and O–H groups in total. The van der Waals surface area contributed by atoms with Gasteiger partial charge in [0.2, 0.25) is 0 Å². The lowest BCUT2D eigenvalue weighted by Crippen LogP contribution is -2.50. The Balaban J connectivity index is 1.72. The van der Waals surface area contributed by atoms with Crippen molar-refractivity contribution < 1.29 is 0 Å². The number of nitrogens with one attached hydrogen (secondary N) is 1. The molecule has 1 aliphatic heterocycles. The summed E-state index contributed by atoms with van der Waals surface area (Å²) < 4.78 is 0. The second-order valence-corrected chi connectivity index (χ2v) is 12.2. The fraction of sp³-hybridized carbons (Fsp3) is 0.679. The van der Waals surface area contributed by atoms with Crippen LogP contribution in [0.5, 0.6) is 0 Å². The predicted octanol–water partition coefficient (Wildman–Crippen LogP) is 8.45. The van der Waals surface area contributed by atoms with Gasteiger partial charge in [0.25, 0.3) is 0 Å². The molecule has 0 bridgehead atoms. The molecule has 2 nitrogen and oxygen atoms in total. The van der Waals surface area contributed by atoms with Crippen molar-refractivity contribution in [2.75, 3.05) is 5.32 Å². The van der Waals surface area contributed by atoms with Crippen LogP contribution in [0.15, 0.2) is 34.8 Å². The van der Waals surface area contributed by atoms with Gasteiger partial charge in [0.05, 0.1) is 5.69 Å². The molecule has 0 radical (unpaired) electrons. The minimum absolute atomic E-state index is 0.191. The monoisotopic (exact) mass is 408 g/mol. The topological polar surface area (TPSA) is 24.4 Å².